The summed E-state index contributed by atoms with van der Waals surface area (Å²) in [6, 6.07) is -0.516. The number of carbonyl (C=O) groups is 2. The highest BCUT2D eigenvalue weighted by Crippen LogP contribution is 2.00. The molecule has 0 aliphatic carbocycles. The average Bonchev–Trinajstić information content (AvgIpc) is 2.21. The first-order chi connectivity index (χ1) is 7.57. The van der Waals surface area contributed by atoms with Crippen molar-refractivity contribution in [3.63, 3.8) is 0 Å². The highest BCUT2D eigenvalue weighted by atomic mass is 16.4. The van der Waals surface area contributed by atoms with Gasteiger partial charge in [-0.1, -0.05) is 26.2 Å². The van der Waals surface area contributed by atoms with Crippen LogP contribution in [0.2, 0.25) is 0 Å². The topological polar surface area (TPSA) is 92.4 Å². The van der Waals surface area contributed by atoms with Gasteiger partial charge in [-0.3, -0.25) is 9.59 Å². The molecule has 0 radical (unpaired) electrons. The first kappa shape index (κ1) is 14.9. The number of unbranched alkanes of at least 4 members (excludes halogenated alkanes) is 3. The first-order valence-electron chi connectivity index (χ1n) is 5.82. The Morgan fingerprint density at radius 1 is 1.31 bits per heavy atom. The zero-order chi connectivity index (χ0) is 12.4. The van der Waals surface area contributed by atoms with Crippen LogP contribution in [-0.2, 0) is 9.59 Å². The summed E-state index contributed by atoms with van der Waals surface area (Å²) < 4.78 is 0. The van der Waals surface area contributed by atoms with E-state index in [-0.39, 0.29) is 12.8 Å². The third-order valence-electron chi connectivity index (χ3n) is 2.41. The van der Waals surface area contributed by atoms with Gasteiger partial charge in [0.05, 0.1) is 6.04 Å². The van der Waals surface area contributed by atoms with Gasteiger partial charge in [0.1, 0.15) is 0 Å². The average molecular weight is 230 g/mol. The molecule has 16 heavy (non-hydrogen) atoms. The molecular formula is C11H22N2O3. The molecule has 0 spiro atoms. The van der Waals surface area contributed by atoms with Crippen molar-refractivity contribution in [1.29, 1.82) is 0 Å². The van der Waals surface area contributed by atoms with E-state index in [9.17, 15) is 9.59 Å². The second-order valence-corrected chi connectivity index (χ2v) is 3.90. The minimum absolute atomic E-state index is 0.0322. The number of nitrogens with one attached hydrogen (secondary N) is 1. The number of primary amides is 1. The Kier molecular flexibility index (Phi) is 8.52. The van der Waals surface area contributed by atoms with Gasteiger partial charge >= 0.3 is 5.97 Å². The van der Waals surface area contributed by atoms with Crippen molar-refractivity contribution in [2.24, 2.45) is 5.73 Å². The second kappa shape index (κ2) is 9.15. The molecular weight excluding hydrogens is 208 g/mol. The van der Waals surface area contributed by atoms with Gasteiger partial charge < -0.3 is 16.2 Å². The number of rotatable bonds is 10. The Hall–Kier alpha value is -1.10. The van der Waals surface area contributed by atoms with Crippen molar-refractivity contribution in [3.05, 3.63) is 0 Å². The Morgan fingerprint density at radius 2 is 2.00 bits per heavy atom. The molecule has 0 aromatic carbocycles. The lowest BCUT2D eigenvalue weighted by atomic mass is 10.1. The van der Waals surface area contributed by atoms with Crippen molar-refractivity contribution in [3.8, 4) is 0 Å². The lowest BCUT2D eigenvalue weighted by molar-refractivity contribution is -0.137. The van der Waals surface area contributed by atoms with Crippen LogP contribution < -0.4 is 11.1 Å². The molecule has 0 rings (SSSR count). The van der Waals surface area contributed by atoms with Gasteiger partial charge in [0.15, 0.2) is 0 Å². The summed E-state index contributed by atoms with van der Waals surface area (Å²) in [6.07, 6.45) is 4.68. The minimum atomic E-state index is -0.904. The highest BCUT2D eigenvalue weighted by Gasteiger charge is 2.15. The maximum absolute atomic E-state index is 11.0. The normalized spacial score (nSPS) is 12.3. The summed E-state index contributed by atoms with van der Waals surface area (Å²) in [5.74, 6) is -1.38. The van der Waals surface area contributed by atoms with E-state index in [2.05, 4.69) is 12.2 Å². The number of hydrogen-bond donors (Lipinski definition) is 3. The van der Waals surface area contributed by atoms with Crippen molar-refractivity contribution < 1.29 is 14.7 Å². The molecule has 0 heterocycles. The molecule has 0 unspecified atom stereocenters. The molecule has 0 bridgehead atoms. The summed E-state index contributed by atoms with van der Waals surface area (Å²) in [4.78, 5) is 21.4. The summed E-state index contributed by atoms with van der Waals surface area (Å²) in [5.41, 5.74) is 5.17. The monoisotopic (exact) mass is 230 g/mol. The fourth-order valence-corrected chi connectivity index (χ4v) is 1.44. The molecule has 94 valence electrons. The Balaban J connectivity index is 3.68. The predicted molar refractivity (Wildman–Crippen MR) is 62.0 cm³/mol. The third-order valence-corrected chi connectivity index (χ3v) is 2.41. The molecule has 0 fully saturated rings. The number of hydrogen-bond acceptors (Lipinski definition) is 3. The van der Waals surface area contributed by atoms with E-state index in [1.165, 1.54) is 6.42 Å². The van der Waals surface area contributed by atoms with Crippen LogP contribution in [0.1, 0.15) is 45.4 Å². The van der Waals surface area contributed by atoms with Gasteiger partial charge in [0, 0.05) is 6.42 Å². The number of nitrogens with two attached hydrogens (primary N) is 1. The number of carboxylic acids is 1. The fourth-order valence-electron chi connectivity index (χ4n) is 1.44. The third kappa shape index (κ3) is 8.23. The van der Waals surface area contributed by atoms with Crippen LogP contribution in [0, 0.1) is 0 Å². The van der Waals surface area contributed by atoms with Gasteiger partial charge in [-0.15, -0.1) is 0 Å². The minimum Gasteiger partial charge on any atom is -0.481 e. The van der Waals surface area contributed by atoms with E-state index in [0.717, 1.165) is 19.3 Å². The number of aliphatic carboxylic acids is 1. The lowest BCUT2D eigenvalue weighted by Crippen LogP contribution is -2.42. The Bertz CT molecular complexity index is 219. The molecule has 0 saturated heterocycles. The molecule has 0 aromatic heterocycles. The van der Waals surface area contributed by atoms with E-state index in [1.54, 1.807) is 0 Å². The first-order valence-corrected chi connectivity index (χ1v) is 5.82. The van der Waals surface area contributed by atoms with Crippen molar-refractivity contribution in [2.75, 3.05) is 6.54 Å². The zero-order valence-corrected chi connectivity index (χ0v) is 9.87. The van der Waals surface area contributed by atoms with Crippen molar-refractivity contribution >= 4 is 11.9 Å². The Morgan fingerprint density at radius 3 is 2.50 bits per heavy atom. The largest absolute Gasteiger partial charge is 0.481 e. The molecule has 0 aromatic rings. The predicted octanol–water partition coefficient (Wildman–Crippen LogP) is 0.875. The van der Waals surface area contributed by atoms with E-state index in [1.807, 2.05) is 0 Å². The smallest absolute Gasteiger partial charge is 0.303 e. The molecule has 5 nitrogen and oxygen atoms in total. The summed E-state index contributed by atoms with van der Waals surface area (Å²) >= 11 is 0. The number of carbonyl (C=O) groups excluding carboxylic acids is 1. The Labute approximate surface area is 96.4 Å². The molecule has 5 heteroatoms. The quantitative estimate of drug-likeness (QED) is 0.486. The van der Waals surface area contributed by atoms with Gasteiger partial charge in [-0.05, 0) is 19.4 Å². The van der Waals surface area contributed by atoms with Crippen LogP contribution in [-0.4, -0.2) is 29.6 Å². The summed E-state index contributed by atoms with van der Waals surface area (Å²) in [6.45, 7) is 2.85. The maximum atomic E-state index is 11.0. The van der Waals surface area contributed by atoms with E-state index < -0.39 is 17.9 Å². The molecule has 0 aliphatic heterocycles. The van der Waals surface area contributed by atoms with Crippen molar-refractivity contribution in [1.82, 2.24) is 5.32 Å². The summed E-state index contributed by atoms with van der Waals surface area (Å²) in [5, 5.41) is 11.5. The highest BCUT2D eigenvalue weighted by molar-refractivity contribution is 5.80. The van der Waals surface area contributed by atoms with Crippen LogP contribution in [0.25, 0.3) is 0 Å². The van der Waals surface area contributed by atoms with Crippen LogP contribution in [0.3, 0.4) is 0 Å². The van der Waals surface area contributed by atoms with Crippen LogP contribution in [0.5, 0.6) is 0 Å². The lowest BCUT2D eigenvalue weighted by Gasteiger charge is -2.14. The zero-order valence-electron chi connectivity index (χ0n) is 9.87. The van der Waals surface area contributed by atoms with Gasteiger partial charge in [0.25, 0.3) is 0 Å². The van der Waals surface area contributed by atoms with Crippen molar-refractivity contribution in [2.45, 2.75) is 51.5 Å². The fraction of sp³-hybridized carbons (Fsp3) is 0.818. The molecule has 0 aliphatic rings. The second-order valence-electron chi connectivity index (χ2n) is 3.90. The molecule has 1 amide bonds. The number of amides is 1. The standard InChI is InChI=1S/C11H22N2O3/c1-2-3-4-5-8-13-9(11(12)16)6-7-10(14)15/h9,13H,2-8H2,1H3,(H2,12,16)(H,14,15)/t9-/m0/s1. The molecule has 1 atom stereocenters. The van der Waals surface area contributed by atoms with E-state index in [4.69, 9.17) is 10.8 Å². The number of carboxylic acid groups (broad SMARTS) is 1. The van der Waals surface area contributed by atoms with Gasteiger partial charge in [-0.25, -0.2) is 0 Å². The van der Waals surface area contributed by atoms with Crippen LogP contribution >= 0.6 is 0 Å². The maximum Gasteiger partial charge on any atom is 0.303 e. The van der Waals surface area contributed by atoms with Gasteiger partial charge in [-0.2, -0.15) is 0 Å². The molecule has 4 N–H and O–H groups in total. The molecule has 0 saturated carbocycles. The van der Waals surface area contributed by atoms with Gasteiger partial charge in [0.2, 0.25) is 5.91 Å². The van der Waals surface area contributed by atoms with Crippen LogP contribution in [0.4, 0.5) is 0 Å². The van der Waals surface area contributed by atoms with Crippen LogP contribution in [0.15, 0.2) is 0 Å². The van der Waals surface area contributed by atoms with E-state index in [0.29, 0.717) is 6.54 Å². The van der Waals surface area contributed by atoms with E-state index >= 15 is 0 Å². The SMILES string of the molecule is CCCCCCN[C@@H](CCC(=O)O)C(N)=O. The summed E-state index contributed by atoms with van der Waals surface area (Å²) in [7, 11) is 0.